The first kappa shape index (κ1) is 15.3. The van der Waals surface area contributed by atoms with E-state index in [1.165, 1.54) is 0 Å². The highest BCUT2D eigenvalue weighted by Crippen LogP contribution is 2.29. The van der Waals surface area contributed by atoms with Gasteiger partial charge in [0, 0.05) is 24.5 Å². The van der Waals surface area contributed by atoms with Crippen LogP contribution in [0.25, 0.3) is 10.9 Å². The fourth-order valence-electron chi connectivity index (χ4n) is 2.95. The second-order valence-corrected chi connectivity index (χ2v) is 5.97. The lowest BCUT2D eigenvalue weighted by Crippen LogP contribution is -2.33. The third-order valence-corrected chi connectivity index (χ3v) is 4.53. The number of aliphatic hydroxyl groups excluding tert-OH is 1. The highest BCUT2D eigenvalue weighted by Gasteiger charge is 2.26. The smallest absolute Gasteiger partial charge is 0.269 e. The first-order valence-corrected chi connectivity index (χ1v) is 7.77. The Labute approximate surface area is 133 Å². The van der Waals surface area contributed by atoms with Gasteiger partial charge in [0.2, 0.25) is 0 Å². The molecule has 22 heavy (non-hydrogen) atoms. The summed E-state index contributed by atoms with van der Waals surface area (Å²) in [4.78, 5) is 12.4. The van der Waals surface area contributed by atoms with Gasteiger partial charge in [0.1, 0.15) is 5.69 Å². The molecule has 1 aliphatic heterocycles. The SMILES string of the molecule is Cn1c(C(=O)NC[C@H]2CC[C@@H](CO)O2)c(Cl)c2ccccc21. The Hall–Kier alpha value is -1.56. The normalized spacial score (nSPS) is 21.4. The molecule has 1 fully saturated rings. The van der Waals surface area contributed by atoms with Crippen molar-refractivity contribution in [2.75, 3.05) is 13.2 Å². The minimum absolute atomic E-state index is 0.0273. The van der Waals surface area contributed by atoms with Gasteiger partial charge in [0.15, 0.2) is 0 Å². The molecule has 1 aromatic carbocycles. The van der Waals surface area contributed by atoms with E-state index in [1.54, 1.807) is 4.57 Å². The number of carbonyl (C=O) groups excluding carboxylic acids is 1. The number of nitrogens with zero attached hydrogens (tertiary/aromatic N) is 1. The van der Waals surface area contributed by atoms with Crippen molar-refractivity contribution in [3.8, 4) is 0 Å². The van der Waals surface area contributed by atoms with E-state index in [2.05, 4.69) is 5.32 Å². The van der Waals surface area contributed by atoms with Crippen LogP contribution in [-0.4, -0.2) is 40.9 Å². The maximum Gasteiger partial charge on any atom is 0.269 e. The third-order valence-electron chi connectivity index (χ3n) is 4.15. The summed E-state index contributed by atoms with van der Waals surface area (Å²) < 4.78 is 7.42. The first-order valence-electron chi connectivity index (χ1n) is 7.39. The molecule has 2 aromatic rings. The number of rotatable bonds is 4. The average Bonchev–Trinajstić information content (AvgIpc) is 3.09. The van der Waals surface area contributed by atoms with Gasteiger partial charge in [-0.05, 0) is 18.9 Å². The van der Waals surface area contributed by atoms with Crippen molar-refractivity contribution in [3.63, 3.8) is 0 Å². The number of carbonyl (C=O) groups is 1. The minimum Gasteiger partial charge on any atom is -0.394 e. The van der Waals surface area contributed by atoms with Gasteiger partial charge in [-0.3, -0.25) is 4.79 Å². The molecule has 1 saturated heterocycles. The number of para-hydroxylation sites is 1. The Kier molecular flexibility index (Phi) is 4.38. The summed E-state index contributed by atoms with van der Waals surface area (Å²) in [6.45, 7) is 0.451. The maximum absolute atomic E-state index is 12.4. The molecule has 0 bridgehead atoms. The fraction of sp³-hybridized carbons (Fsp3) is 0.438. The molecule has 6 heteroatoms. The van der Waals surface area contributed by atoms with Crippen LogP contribution < -0.4 is 5.32 Å². The molecule has 0 radical (unpaired) electrons. The molecule has 2 atom stereocenters. The summed E-state index contributed by atoms with van der Waals surface area (Å²) in [7, 11) is 1.83. The van der Waals surface area contributed by atoms with Crippen molar-refractivity contribution in [1.29, 1.82) is 0 Å². The monoisotopic (exact) mass is 322 g/mol. The molecule has 2 N–H and O–H groups in total. The summed E-state index contributed by atoms with van der Waals surface area (Å²) >= 11 is 6.35. The molecule has 1 aromatic heterocycles. The zero-order valence-electron chi connectivity index (χ0n) is 12.4. The van der Waals surface area contributed by atoms with Gasteiger partial charge in [0.05, 0.1) is 23.8 Å². The number of benzene rings is 1. The number of hydrogen-bond donors (Lipinski definition) is 2. The fourth-order valence-corrected chi connectivity index (χ4v) is 3.33. The van der Waals surface area contributed by atoms with Crippen molar-refractivity contribution in [2.24, 2.45) is 7.05 Å². The standard InChI is InChI=1S/C16H19ClN2O3/c1-19-13-5-3-2-4-12(13)14(17)15(19)16(21)18-8-10-6-7-11(9-20)22-10/h2-5,10-11,20H,6-9H2,1H3,(H,18,21)/t10-,11+/m1/s1. The molecule has 5 nitrogen and oxygen atoms in total. The van der Waals surface area contributed by atoms with Gasteiger partial charge in [-0.1, -0.05) is 29.8 Å². The van der Waals surface area contributed by atoms with Gasteiger partial charge in [-0.25, -0.2) is 0 Å². The number of hydrogen-bond acceptors (Lipinski definition) is 3. The van der Waals surface area contributed by atoms with Crippen LogP contribution in [0.15, 0.2) is 24.3 Å². The highest BCUT2D eigenvalue weighted by atomic mass is 35.5. The molecular weight excluding hydrogens is 304 g/mol. The Balaban J connectivity index is 1.73. The lowest BCUT2D eigenvalue weighted by atomic mass is 10.2. The van der Waals surface area contributed by atoms with Crippen LogP contribution >= 0.6 is 11.6 Å². The highest BCUT2D eigenvalue weighted by molar-refractivity contribution is 6.38. The van der Waals surface area contributed by atoms with Crippen molar-refractivity contribution >= 4 is 28.4 Å². The van der Waals surface area contributed by atoms with E-state index < -0.39 is 0 Å². The molecular formula is C16H19ClN2O3. The van der Waals surface area contributed by atoms with Gasteiger partial charge in [-0.15, -0.1) is 0 Å². The predicted octanol–water partition coefficient (Wildman–Crippen LogP) is 2.10. The Bertz CT molecular complexity index is 659. The van der Waals surface area contributed by atoms with Crippen LogP contribution in [0.4, 0.5) is 0 Å². The second kappa shape index (κ2) is 6.28. The lowest BCUT2D eigenvalue weighted by molar-refractivity contribution is 0.0124. The van der Waals surface area contributed by atoms with Crippen LogP contribution in [0.2, 0.25) is 5.02 Å². The number of aliphatic hydroxyl groups is 1. The summed E-state index contributed by atoms with van der Waals surface area (Å²) in [5.41, 5.74) is 1.38. The van der Waals surface area contributed by atoms with Gasteiger partial charge in [-0.2, -0.15) is 0 Å². The quantitative estimate of drug-likeness (QED) is 0.906. The minimum atomic E-state index is -0.209. The molecule has 0 spiro atoms. The maximum atomic E-state index is 12.4. The van der Waals surface area contributed by atoms with Gasteiger partial charge in [0.25, 0.3) is 5.91 Å². The topological polar surface area (TPSA) is 63.5 Å². The predicted molar refractivity (Wildman–Crippen MR) is 85.2 cm³/mol. The molecule has 2 heterocycles. The summed E-state index contributed by atoms with van der Waals surface area (Å²) in [5.74, 6) is -0.209. The lowest BCUT2D eigenvalue weighted by Gasteiger charge is -2.13. The van der Waals surface area contributed by atoms with Crippen LogP contribution in [0, 0.1) is 0 Å². The number of halogens is 1. The van der Waals surface area contributed by atoms with E-state index in [-0.39, 0.29) is 24.7 Å². The summed E-state index contributed by atoms with van der Waals surface area (Å²) in [6.07, 6.45) is 1.51. The van der Waals surface area contributed by atoms with Crippen molar-refractivity contribution in [2.45, 2.75) is 25.0 Å². The zero-order valence-corrected chi connectivity index (χ0v) is 13.1. The van der Waals surface area contributed by atoms with Gasteiger partial charge >= 0.3 is 0 Å². The average molecular weight is 323 g/mol. The number of aryl methyl sites for hydroxylation is 1. The van der Waals surface area contributed by atoms with Crippen LogP contribution in [0.1, 0.15) is 23.3 Å². The molecule has 3 rings (SSSR count). The van der Waals surface area contributed by atoms with E-state index in [1.807, 2.05) is 31.3 Å². The van der Waals surface area contributed by atoms with Gasteiger partial charge < -0.3 is 19.7 Å². The molecule has 0 saturated carbocycles. The third kappa shape index (κ3) is 2.72. The molecule has 118 valence electrons. The zero-order chi connectivity index (χ0) is 15.7. The number of amides is 1. The number of aromatic nitrogens is 1. The van der Waals surface area contributed by atoms with Crippen molar-refractivity contribution < 1.29 is 14.6 Å². The number of fused-ring (bicyclic) bond motifs is 1. The van der Waals surface area contributed by atoms with E-state index in [0.717, 1.165) is 23.7 Å². The Morgan fingerprint density at radius 3 is 2.82 bits per heavy atom. The second-order valence-electron chi connectivity index (χ2n) is 5.59. The van der Waals surface area contributed by atoms with E-state index in [9.17, 15) is 4.79 Å². The van der Waals surface area contributed by atoms with E-state index in [4.69, 9.17) is 21.4 Å². The Morgan fingerprint density at radius 2 is 2.14 bits per heavy atom. The van der Waals surface area contributed by atoms with Crippen LogP contribution in [0.5, 0.6) is 0 Å². The summed E-state index contributed by atoms with van der Waals surface area (Å²) in [6, 6.07) is 7.66. The summed E-state index contributed by atoms with van der Waals surface area (Å²) in [5, 5.41) is 13.3. The van der Waals surface area contributed by atoms with Crippen molar-refractivity contribution in [3.05, 3.63) is 35.0 Å². The first-order chi connectivity index (χ1) is 10.6. The number of nitrogens with one attached hydrogen (secondary N) is 1. The molecule has 1 aliphatic rings. The number of ether oxygens (including phenoxy) is 1. The molecule has 1 amide bonds. The van der Waals surface area contributed by atoms with E-state index in [0.29, 0.717) is 17.3 Å². The molecule has 0 unspecified atom stereocenters. The van der Waals surface area contributed by atoms with Crippen LogP contribution in [0.3, 0.4) is 0 Å². The van der Waals surface area contributed by atoms with Crippen LogP contribution in [-0.2, 0) is 11.8 Å². The largest absolute Gasteiger partial charge is 0.394 e. The van der Waals surface area contributed by atoms with Crippen molar-refractivity contribution in [1.82, 2.24) is 9.88 Å². The van der Waals surface area contributed by atoms with E-state index >= 15 is 0 Å². The molecule has 0 aliphatic carbocycles. The Morgan fingerprint density at radius 1 is 1.41 bits per heavy atom.